The van der Waals surface area contributed by atoms with Crippen molar-refractivity contribution in [3.63, 3.8) is 0 Å². The molecule has 0 atom stereocenters. The Balaban J connectivity index is 2.44. The Kier molecular flexibility index (Phi) is 5.63. The zero-order valence-corrected chi connectivity index (χ0v) is 11.4. The van der Waals surface area contributed by atoms with Gasteiger partial charge in [0.1, 0.15) is 0 Å². The van der Waals surface area contributed by atoms with Gasteiger partial charge in [0.15, 0.2) is 5.11 Å². The minimum Gasteiger partial charge on any atom is -0.331 e. The summed E-state index contributed by atoms with van der Waals surface area (Å²) in [6.07, 6.45) is 2.08. The highest BCUT2D eigenvalue weighted by Crippen LogP contribution is 2.08. The molecule has 0 heterocycles. The highest BCUT2D eigenvalue weighted by molar-refractivity contribution is 7.80. The number of anilines is 1. The molecule has 0 aromatic heterocycles. The standard InChI is InChI=1S/C13H19N3S/c1-4-5-11(3)15-16-13(17)14-12-8-6-10(2)7-9-12/h6-9H,4-5H2,1-3H3,(H2,14,16,17)/b15-11-. The Morgan fingerprint density at radius 3 is 2.53 bits per heavy atom. The van der Waals surface area contributed by atoms with E-state index in [9.17, 15) is 0 Å². The SMILES string of the molecule is CCC/C(C)=N\NC(=S)Nc1ccc(C)cc1. The van der Waals surface area contributed by atoms with Crippen molar-refractivity contribution in [2.24, 2.45) is 5.10 Å². The summed E-state index contributed by atoms with van der Waals surface area (Å²) in [5, 5.41) is 7.79. The molecule has 17 heavy (non-hydrogen) atoms. The molecule has 0 aliphatic rings. The van der Waals surface area contributed by atoms with Crippen LogP contribution >= 0.6 is 12.2 Å². The fraction of sp³-hybridized carbons (Fsp3) is 0.385. The number of nitrogens with zero attached hydrogens (tertiary/aromatic N) is 1. The highest BCUT2D eigenvalue weighted by atomic mass is 32.1. The van der Waals surface area contributed by atoms with Gasteiger partial charge < -0.3 is 5.32 Å². The van der Waals surface area contributed by atoms with Crippen LogP contribution in [0.2, 0.25) is 0 Å². The van der Waals surface area contributed by atoms with Crippen molar-refractivity contribution in [3.8, 4) is 0 Å². The minimum atomic E-state index is 0.518. The van der Waals surface area contributed by atoms with Gasteiger partial charge in [0.25, 0.3) is 0 Å². The van der Waals surface area contributed by atoms with Crippen LogP contribution in [-0.4, -0.2) is 10.8 Å². The van der Waals surface area contributed by atoms with Gasteiger partial charge in [-0.05, 0) is 44.6 Å². The van der Waals surface area contributed by atoms with Gasteiger partial charge in [-0.3, -0.25) is 5.43 Å². The van der Waals surface area contributed by atoms with E-state index in [1.54, 1.807) is 0 Å². The van der Waals surface area contributed by atoms with Crippen LogP contribution in [-0.2, 0) is 0 Å². The number of thiocarbonyl (C=S) groups is 1. The predicted molar refractivity (Wildman–Crippen MR) is 78.6 cm³/mol. The Labute approximate surface area is 108 Å². The first-order chi connectivity index (χ1) is 8.11. The van der Waals surface area contributed by atoms with Crippen molar-refractivity contribution in [2.45, 2.75) is 33.6 Å². The largest absolute Gasteiger partial charge is 0.331 e. The second-order valence-electron chi connectivity index (χ2n) is 4.03. The highest BCUT2D eigenvalue weighted by Gasteiger charge is 1.96. The molecule has 0 spiro atoms. The summed E-state index contributed by atoms with van der Waals surface area (Å²) in [6.45, 7) is 6.17. The Hall–Kier alpha value is -1.42. The number of benzene rings is 1. The molecule has 2 N–H and O–H groups in total. The third-order valence-corrected chi connectivity index (χ3v) is 2.46. The minimum absolute atomic E-state index is 0.518. The maximum absolute atomic E-state index is 5.14. The summed E-state index contributed by atoms with van der Waals surface area (Å²) < 4.78 is 0. The van der Waals surface area contributed by atoms with Crippen molar-refractivity contribution in [2.75, 3.05) is 5.32 Å². The molecule has 1 aromatic rings. The average molecular weight is 249 g/mol. The molecule has 0 fully saturated rings. The first-order valence-electron chi connectivity index (χ1n) is 5.78. The monoisotopic (exact) mass is 249 g/mol. The molecular weight excluding hydrogens is 230 g/mol. The molecule has 1 rings (SSSR count). The van der Waals surface area contributed by atoms with E-state index >= 15 is 0 Å². The molecular formula is C13H19N3S. The quantitative estimate of drug-likeness (QED) is 0.487. The Morgan fingerprint density at radius 2 is 1.94 bits per heavy atom. The first-order valence-corrected chi connectivity index (χ1v) is 6.19. The number of aryl methyl sites for hydroxylation is 1. The molecule has 4 heteroatoms. The van der Waals surface area contributed by atoms with E-state index in [1.807, 2.05) is 31.2 Å². The van der Waals surface area contributed by atoms with E-state index in [2.05, 4.69) is 29.7 Å². The summed E-state index contributed by atoms with van der Waals surface area (Å²) in [7, 11) is 0. The molecule has 0 radical (unpaired) electrons. The third-order valence-electron chi connectivity index (χ3n) is 2.27. The van der Waals surface area contributed by atoms with Gasteiger partial charge in [-0.1, -0.05) is 31.0 Å². The lowest BCUT2D eigenvalue weighted by Gasteiger charge is -2.08. The van der Waals surface area contributed by atoms with Crippen LogP contribution in [0, 0.1) is 6.92 Å². The van der Waals surface area contributed by atoms with Crippen molar-refractivity contribution in [1.29, 1.82) is 0 Å². The topological polar surface area (TPSA) is 36.4 Å². The van der Waals surface area contributed by atoms with Crippen molar-refractivity contribution >= 4 is 28.7 Å². The molecule has 0 aliphatic carbocycles. The van der Waals surface area contributed by atoms with Gasteiger partial charge in [0.05, 0.1) is 0 Å². The Bertz CT molecular complexity index is 396. The van der Waals surface area contributed by atoms with E-state index < -0.39 is 0 Å². The number of hydrogen-bond donors (Lipinski definition) is 2. The van der Waals surface area contributed by atoms with Crippen LogP contribution in [0.3, 0.4) is 0 Å². The zero-order chi connectivity index (χ0) is 12.7. The lowest BCUT2D eigenvalue weighted by Crippen LogP contribution is -2.24. The van der Waals surface area contributed by atoms with Crippen molar-refractivity contribution in [3.05, 3.63) is 29.8 Å². The van der Waals surface area contributed by atoms with Crippen LogP contribution in [0.5, 0.6) is 0 Å². The molecule has 0 aliphatic heterocycles. The average Bonchev–Trinajstić information content (AvgIpc) is 2.30. The number of hydrazone groups is 1. The maximum atomic E-state index is 5.14. The van der Waals surface area contributed by atoms with Gasteiger partial charge in [0, 0.05) is 11.4 Å². The fourth-order valence-corrected chi connectivity index (χ4v) is 1.52. The number of nitrogens with one attached hydrogen (secondary N) is 2. The van der Waals surface area contributed by atoms with Crippen LogP contribution in [0.4, 0.5) is 5.69 Å². The van der Waals surface area contributed by atoms with E-state index in [1.165, 1.54) is 5.56 Å². The van der Waals surface area contributed by atoms with Gasteiger partial charge >= 0.3 is 0 Å². The summed E-state index contributed by atoms with van der Waals surface area (Å²) in [5.74, 6) is 0. The summed E-state index contributed by atoms with van der Waals surface area (Å²) >= 11 is 5.14. The van der Waals surface area contributed by atoms with Gasteiger partial charge in [0.2, 0.25) is 0 Å². The fourth-order valence-electron chi connectivity index (χ4n) is 1.36. The van der Waals surface area contributed by atoms with Crippen molar-refractivity contribution in [1.82, 2.24) is 5.43 Å². The first kappa shape index (κ1) is 13.6. The van der Waals surface area contributed by atoms with Gasteiger partial charge in [-0.2, -0.15) is 5.10 Å². The second kappa shape index (κ2) is 7.01. The molecule has 1 aromatic carbocycles. The second-order valence-corrected chi connectivity index (χ2v) is 4.44. The molecule has 0 saturated carbocycles. The van der Waals surface area contributed by atoms with Crippen LogP contribution < -0.4 is 10.7 Å². The van der Waals surface area contributed by atoms with E-state index in [0.717, 1.165) is 24.2 Å². The number of rotatable bonds is 4. The summed E-state index contributed by atoms with van der Waals surface area (Å²) in [6, 6.07) is 8.06. The predicted octanol–water partition coefficient (Wildman–Crippen LogP) is 3.46. The smallest absolute Gasteiger partial charge is 0.191 e. The van der Waals surface area contributed by atoms with E-state index in [-0.39, 0.29) is 0 Å². The summed E-state index contributed by atoms with van der Waals surface area (Å²) in [4.78, 5) is 0. The molecule has 0 unspecified atom stereocenters. The molecule has 0 saturated heterocycles. The van der Waals surface area contributed by atoms with Crippen LogP contribution in [0.1, 0.15) is 32.3 Å². The third kappa shape index (κ3) is 5.45. The number of hydrogen-bond acceptors (Lipinski definition) is 2. The van der Waals surface area contributed by atoms with E-state index in [4.69, 9.17) is 12.2 Å². The van der Waals surface area contributed by atoms with Crippen LogP contribution in [0.15, 0.2) is 29.4 Å². The Morgan fingerprint density at radius 1 is 1.29 bits per heavy atom. The molecule has 3 nitrogen and oxygen atoms in total. The van der Waals surface area contributed by atoms with Crippen LogP contribution in [0.25, 0.3) is 0 Å². The lowest BCUT2D eigenvalue weighted by atomic mass is 10.2. The lowest BCUT2D eigenvalue weighted by molar-refractivity contribution is 0.949. The summed E-state index contributed by atoms with van der Waals surface area (Å²) in [5.41, 5.74) is 6.09. The maximum Gasteiger partial charge on any atom is 0.191 e. The van der Waals surface area contributed by atoms with E-state index in [0.29, 0.717) is 5.11 Å². The molecule has 0 bridgehead atoms. The molecule has 92 valence electrons. The normalized spacial score (nSPS) is 11.1. The van der Waals surface area contributed by atoms with Crippen molar-refractivity contribution < 1.29 is 0 Å². The molecule has 0 amide bonds. The van der Waals surface area contributed by atoms with Gasteiger partial charge in [-0.15, -0.1) is 0 Å². The zero-order valence-electron chi connectivity index (χ0n) is 10.6. The van der Waals surface area contributed by atoms with Gasteiger partial charge in [-0.25, -0.2) is 0 Å².